The maximum absolute atomic E-state index is 11.0. The Balaban J connectivity index is 2.13. The quantitative estimate of drug-likeness (QED) is 0.755. The number of nitrogens with two attached hydrogens (primary N) is 1. The number of para-hydroxylation sites is 1. The van der Waals surface area contributed by atoms with Gasteiger partial charge in [-0.05, 0) is 29.8 Å². The van der Waals surface area contributed by atoms with Gasteiger partial charge in [-0.25, -0.2) is 4.79 Å². The van der Waals surface area contributed by atoms with E-state index in [0.29, 0.717) is 12.2 Å². The summed E-state index contributed by atoms with van der Waals surface area (Å²) in [5, 5.41) is 12.1. The zero-order chi connectivity index (χ0) is 13.8. The van der Waals surface area contributed by atoms with Crippen LogP contribution in [0.1, 0.15) is 15.9 Å². The van der Waals surface area contributed by atoms with E-state index in [0.717, 1.165) is 10.0 Å². The third-order valence-corrected chi connectivity index (χ3v) is 3.26. The number of carboxylic acids is 1. The minimum absolute atomic E-state index is 0.112. The fraction of sp³-hybridized carbons (Fsp3) is 0.0714. The Kier molecular flexibility index (Phi) is 4.06. The van der Waals surface area contributed by atoms with E-state index in [1.165, 1.54) is 6.07 Å². The van der Waals surface area contributed by atoms with Crippen molar-refractivity contribution in [1.82, 2.24) is 0 Å². The topological polar surface area (TPSA) is 75.3 Å². The molecule has 0 unspecified atom stereocenters. The van der Waals surface area contributed by atoms with Crippen LogP contribution >= 0.6 is 15.9 Å². The molecule has 5 heteroatoms. The lowest BCUT2D eigenvalue weighted by atomic mass is 10.1. The number of rotatable bonds is 4. The van der Waals surface area contributed by atoms with Crippen LogP contribution in [0.25, 0.3) is 0 Å². The molecule has 0 bridgehead atoms. The van der Waals surface area contributed by atoms with Gasteiger partial charge in [0.2, 0.25) is 0 Å². The van der Waals surface area contributed by atoms with Crippen LogP contribution in [0.2, 0.25) is 0 Å². The van der Waals surface area contributed by atoms with Gasteiger partial charge in [0.25, 0.3) is 0 Å². The van der Waals surface area contributed by atoms with Crippen molar-refractivity contribution in [3.05, 3.63) is 58.1 Å². The zero-order valence-electron chi connectivity index (χ0n) is 10.1. The number of aromatic carboxylic acids is 1. The summed E-state index contributed by atoms with van der Waals surface area (Å²) in [4.78, 5) is 11.0. The van der Waals surface area contributed by atoms with Gasteiger partial charge in [-0.1, -0.05) is 34.1 Å². The predicted molar refractivity (Wildman–Crippen MR) is 79.3 cm³/mol. The minimum atomic E-state index is -1.02. The summed E-state index contributed by atoms with van der Waals surface area (Å²) in [7, 11) is 0. The average molecular weight is 321 g/mol. The second-order valence-electron chi connectivity index (χ2n) is 4.05. The Labute approximate surface area is 119 Å². The predicted octanol–water partition coefficient (Wildman–Crippen LogP) is 3.34. The largest absolute Gasteiger partial charge is 0.478 e. The molecular weight excluding hydrogens is 308 g/mol. The molecule has 0 aromatic heterocycles. The maximum atomic E-state index is 11.0. The van der Waals surface area contributed by atoms with Crippen LogP contribution in [0.5, 0.6) is 0 Å². The SMILES string of the molecule is Nc1c(NCc2ccc(Br)cc2)cccc1C(=O)O. The molecule has 2 aromatic carbocycles. The Bertz CT molecular complexity index is 597. The molecule has 0 aliphatic carbocycles. The van der Waals surface area contributed by atoms with E-state index in [1.807, 2.05) is 24.3 Å². The number of carboxylic acid groups (broad SMARTS) is 1. The van der Waals surface area contributed by atoms with E-state index in [1.54, 1.807) is 12.1 Å². The molecule has 98 valence electrons. The molecule has 0 fully saturated rings. The van der Waals surface area contributed by atoms with Crippen LogP contribution in [0.15, 0.2) is 46.9 Å². The summed E-state index contributed by atoms with van der Waals surface area (Å²) < 4.78 is 1.02. The summed E-state index contributed by atoms with van der Waals surface area (Å²) in [6.07, 6.45) is 0. The van der Waals surface area contributed by atoms with Crippen LogP contribution < -0.4 is 11.1 Å². The first-order valence-corrected chi connectivity index (χ1v) is 6.47. The highest BCUT2D eigenvalue weighted by Gasteiger charge is 2.10. The smallest absolute Gasteiger partial charge is 0.337 e. The summed E-state index contributed by atoms with van der Waals surface area (Å²) in [6.45, 7) is 0.584. The van der Waals surface area contributed by atoms with Crippen molar-refractivity contribution in [3.8, 4) is 0 Å². The highest BCUT2D eigenvalue weighted by Crippen LogP contribution is 2.23. The van der Waals surface area contributed by atoms with E-state index in [4.69, 9.17) is 10.8 Å². The summed E-state index contributed by atoms with van der Waals surface area (Å²) >= 11 is 3.37. The number of carbonyl (C=O) groups is 1. The fourth-order valence-electron chi connectivity index (χ4n) is 1.71. The molecule has 0 heterocycles. The highest BCUT2D eigenvalue weighted by atomic mass is 79.9. The number of hydrogen-bond donors (Lipinski definition) is 3. The van der Waals surface area contributed by atoms with Gasteiger partial charge in [0.15, 0.2) is 0 Å². The third-order valence-electron chi connectivity index (χ3n) is 2.73. The van der Waals surface area contributed by atoms with Gasteiger partial charge in [0, 0.05) is 11.0 Å². The third kappa shape index (κ3) is 3.26. The Morgan fingerprint density at radius 3 is 2.53 bits per heavy atom. The van der Waals surface area contributed by atoms with Crippen LogP contribution in [-0.4, -0.2) is 11.1 Å². The molecule has 0 aliphatic heterocycles. The molecule has 2 rings (SSSR count). The standard InChI is InChI=1S/C14H13BrN2O2/c15-10-6-4-9(5-7-10)8-17-12-3-1-2-11(13(12)16)14(18)19/h1-7,17H,8,16H2,(H,18,19). The van der Waals surface area contributed by atoms with Crippen molar-refractivity contribution in [2.45, 2.75) is 6.54 Å². The molecule has 0 saturated heterocycles. The van der Waals surface area contributed by atoms with E-state index < -0.39 is 5.97 Å². The number of halogens is 1. The van der Waals surface area contributed by atoms with Crippen LogP contribution in [0.4, 0.5) is 11.4 Å². The van der Waals surface area contributed by atoms with Crippen molar-refractivity contribution in [2.24, 2.45) is 0 Å². The number of benzene rings is 2. The van der Waals surface area contributed by atoms with Gasteiger partial charge < -0.3 is 16.2 Å². The van der Waals surface area contributed by atoms with Gasteiger partial charge in [-0.3, -0.25) is 0 Å². The maximum Gasteiger partial charge on any atom is 0.337 e. The molecule has 0 aliphatic rings. The first kappa shape index (κ1) is 13.4. The minimum Gasteiger partial charge on any atom is -0.478 e. The Morgan fingerprint density at radius 1 is 1.21 bits per heavy atom. The van der Waals surface area contributed by atoms with E-state index >= 15 is 0 Å². The van der Waals surface area contributed by atoms with Crippen molar-refractivity contribution in [2.75, 3.05) is 11.1 Å². The molecule has 0 atom stereocenters. The van der Waals surface area contributed by atoms with Gasteiger partial charge in [0.05, 0.1) is 16.9 Å². The van der Waals surface area contributed by atoms with E-state index in [9.17, 15) is 4.79 Å². The summed E-state index contributed by atoms with van der Waals surface area (Å²) in [6, 6.07) is 12.8. The molecule has 0 amide bonds. The molecule has 0 spiro atoms. The number of anilines is 2. The molecule has 0 radical (unpaired) electrons. The Hall–Kier alpha value is -2.01. The second-order valence-corrected chi connectivity index (χ2v) is 4.97. The normalized spacial score (nSPS) is 10.2. The second kappa shape index (κ2) is 5.75. The van der Waals surface area contributed by atoms with E-state index in [2.05, 4.69) is 21.2 Å². The van der Waals surface area contributed by atoms with Gasteiger partial charge in [0.1, 0.15) is 0 Å². The first-order chi connectivity index (χ1) is 9.08. The van der Waals surface area contributed by atoms with Crippen molar-refractivity contribution in [3.63, 3.8) is 0 Å². The molecule has 4 nitrogen and oxygen atoms in total. The monoisotopic (exact) mass is 320 g/mol. The first-order valence-electron chi connectivity index (χ1n) is 5.68. The van der Waals surface area contributed by atoms with Crippen LogP contribution in [-0.2, 0) is 6.54 Å². The molecule has 19 heavy (non-hydrogen) atoms. The zero-order valence-corrected chi connectivity index (χ0v) is 11.6. The lowest BCUT2D eigenvalue weighted by Gasteiger charge is -2.11. The molecule has 2 aromatic rings. The average Bonchev–Trinajstić information content (AvgIpc) is 2.39. The lowest BCUT2D eigenvalue weighted by Crippen LogP contribution is -2.07. The lowest BCUT2D eigenvalue weighted by molar-refractivity contribution is 0.0698. The van der Waals surface area contributed by atoms with Gasteiger partial charge in [-0.15, -0.1) is 0 Å². The number of nitrogen functional groups attached to an aromatic ring is 1. The van der Waals surface area contributed by atoms with E-state index in [-0.39, 0.29) is 11.3 Å². The van der Waals surface area contributed by atoms with Gasteiger partial charge in [-0.2, -0.15) is 0 Å². The number of nitrogens with one attached hydrogen (secondary N) is 1. The van der Waals surface area contributed by atoms with Crippen LogP contribution in [0.3, 0.4) is 0 Å². The van der Waals surface area contributed by atoms with Crippen LogP contribution in [0, 0.1) is 0 Å². The molecule has 0 saturated carbocycles. The fourth-order valence-corrected chi connectivity index (χ4v) is 1.97. The summed E-state index contributed by atoms with van der Waals surface area (Å²) in [5.41, 5.74) is 7.90. The highest BCUT2D eigenvalue weighted by molar-refractivity contribution is 9.10. The van der Waals surface area contributed by atoms with Crippen molar-refractivity contribution < 1.29 is 9.90 Å². The van der Waals surface area contributed by atoms with Gasteiger partial charge >= 0.3 is 5.97 Å². The molecular formula is C14H13BrN2O2. The molecule has 4 N–H and O–H groups in total. The number of hydrogen-bond acceptors (Lipinski definition) is 3. The summed E-state index contributed by atoms with van der Waals surface area (Å²) in [5.74, 6) is -1.02. The van der Waals surface area contributed by atoms with Crippen molar-refractivity contribution in [1.29, 1.82) is 0 Å². The van der Waals surface area contributed by atoms with Crippen molar-refractivity contribution >= 4 is 33.3 Å². The Morgan fingerprint density at radius 2 is 1.89 bits per heavy atom.